The fourth-order valence-corrected chi connectivity index (χ4v) is 3.14. The second kappa shape index (κ2) is 7.40. The largest absolute Gasteiger partial charge is 0.394 e. The maximum Gasteiger partial charge on any atom is 0.315 e. The van der Waals surface area contributed by atoms with Gasteiger partial charge in [-0.3, -0.25) is 4.90 Å². The molecule has 0 aliphatic carbocycles. The van der Waals surface area contributed by atoms with Crippen LogP contribution in [0.15, 0.2) is 0 Å². The molecule has 2 rings (SSSR count). The SMILES string of the molecule is CC(C)NC(=O)NC[C@H]1O[C@@H](CO)[C@@H](O)[C@H]1N1CCCC1. The van der Waals surface area contributed by atoms with Gasteiger partial charge >= 0.3 is 6.03 Å². The molecule has 0 radical (unpaired) electrons. The number of nitrogens with zero attached hydrogens (tertiary/aromatic N) is 1. The Labute approximate surface area is 125 Å². The highest BCUT2D eigenvalue weighted by Crippen LogP contribution is 2.28. The molecule has 7 nitrogen and oxygen atoms in total. The van der Waals surface area contributed by atoms with Crippen molar-refractivity contribution in [1.29, 1.82) is 0 Å². The minimum atomic E-state index is -0.715. The maximum atomic E-state index is 11.7. The molecule has 2 amide bonds. The summed E-state index contributed by atoms with van der Waals surface area (Å²) in [6.45, 7) is 5.76. The molecule has 0 aromatic carbocycles. The molecule has 4 atom stereocenters. The van der Waals surface area contributed by atoms with Crippen molar-refractivity contribution in [3.8, 4) is 0 Å². The van der Waals surface area contributed by atoms with Crippen LogP contribution in [-0.2, 0) is 4.74 Å². The van der Waals surface area contributed by atoms with Gasteiger partial charge in [0.25, 0.3) is 0 Å². The first-order valence-corrected chi connectivity index (χ1v) is 7.75. The summed E-state index contributed by atoms with van der Waals surface area (Å²) in [6, 6.07) is -0.334. The fourth-order valence-electron chi connectivity index (χ4n) is 3.14. The number of amides is 2. The number of ether oxygens (including phenoxy) is 1. The zero-order valence-corrected chi connectivity index (χ0v) is 12.8. The Bertz CT molecular complexity index is 347. The molecule has 2 aliphatic rings. The molecule has 2 fully saturated rings. The van der Waals surface area contributed by atoms with Gasteiger partial charge in [0.05, 0.1) is 18.8 Å². The van der Waals surface area contributed by atoms with E-state index in [-0.39, 0.29) is 30.8 Å². The van der Waals surface area contributed by atoms with E-state index in [0.29, 0.717) is 6.54 Å². The zero-order chi connectivity index (χ0) is 15.4. The lowest BCUT2D eigenvalue weighted by atomic mass is 10.0. The minimum absolute atomic E-state index is 0.0691. The average molecular weight is 301 g/mol. The van der Waals surface area contributed by atoms with E-state index in [9.17, 15) is 15.0 Å². The van der Waals surface area contributed by atoms with Gasteiger partial charge in [-0.25, -0.2) is 4.79 Å². The molecule has 0 aromatic rings. The second-order valence-corrected chi connectivity index (χ2v) is 6.13. The lowest BCUT2D eigenvalue weighted by Gasteiger charge is -2.30. The summed E-state index contributed by atoms with van der Waals surface area (Å²) >= 11 is 0. The van der Waals surface area contributed by atoms with E-state index in [1.165, 1.54) is 0 Å². The summed E-state index contributed by atoms with van der Waals surface area (Å²) in [6.07, 6.45) is 0.638. The normalized spacial score (nSPS) is 33.6. The molecule has 122 valence electrons. The van der Waals surface area contributed by atoms with E-state index in [1.807, 2.05) is 13.8 Å². The first-order chi connectivity index (χ1) is 10.0. The first kappa shape index (κ1) is 16.5. The average Bonchev–Trinajstić information content (AvgIpc) is 3.03. The Morgan fingerprint density at radius 1 is 1.33 bits per heavy atom. The minimum Gasteiger partial charge on any atom is -0.394 e. The van der Waals surface area contributed by atoms with Crippen molar-refractivity contribution in [3.05, 3.63) is 0 Å². The van der Waals surface area contributed by atoms with Crippen LogP contribution in [0.4, 0.5) is 4.79 Å². The first-order valence-electron chi connectivity index (χ1n) is 7.75. The Morgan fingerprint density at radius 2 is 2.00 bits per heavy atom. The van der Waals surface area contributed by atoms with Crippen molar-refractivity contribution in [2.24, 2.45) is 0 Å². The van der Waals surface area contributed by atoms with E-state index in [0.717, 1.165) is 25.9 Å². The van der Waals surface area contributed by atoms with Crippen molar-refractivity contribution in [2.45, 2.75) is 57.1 Å². The number of likely N-dealkylation sites (tertiary alicyclic amines) is 1. The van der Waals surface area contributed by atoms with Crippen molar-refractivity contribution in [3.63, 3.8) is 0 Å². The number of hydrogen-bond donors (Lipinski definition) is 4. The highest BCUT2D eigenvalue weighted by Gasteiger charge is 2.46. The third kappa shape index (κ3) is 4.06. The smallest absolute Gasteiger partial charge is 0.315 e. The van der Waals surface area contributed by atoms with Crippen LogP contribution in [0, 0.1) is 0 Å². The van der Waals surface area contributed by atoms with Gasteiger partial charge in [0.2, 0.25) is 0 Å². The third-order valence-corrected chi connectivity index (χ3v) is 4.09. The summed E-state index contributed by atoms with van der Waals surface area (Å²) in [5.74, 6) is 0. The van der Waals surface area contributed by atoms with Crippen molar-refractivity contribution >= 4 is 6.03 Å². The van der Waals surface area contributed by atoms with E-state index in [1.54, 1.807) is 0 Å². The highest BCUT2D eigenvalue weighted by atomic mass is 16.5. The summed E-state index contributed by atoms with van der Waals surface area (Å²) < 4.78 is 5.72. The van der Waals surface area contributed by atoms with Crippen LogP contribution in [-0.4, -0.2) is 77.8 Å². The fraction of sp³-hybridized carbons (Fsp3) is 0.929. The summed E-state index contributed by atoms with van der Waals surface area (Å²) in [5, 5.41) is 25.2. The topological polar surface area (TPSA) is 94.1 Å². The van der Waals surface area contributed by atoms with Gasteiger partial charge in [-0.1, -0.05) is 0 Å². The number of aliphatic hydroxyl groups excluding tert-OH is 2. The Balaban J connectivity index is 1.93. The van der Waals surface area contributed by atoms with Crippen LogP contribution in [0.25, 0.3) is 0 Å². The van der Waals surface area contributed by atoms with E-state index in [2.05, 4.69) is 15.5 Å². The van der Waals surface area contributed by atoms with Gasteiger partial charge in [-0.05, 0) is 39.8 Å². The van der Waals surface area contributed by atoms with Crippen molar-refractivity contribution in [2.75, 3.05) is 26.2 Å². The van der Waals surface area contributed by atoms with Gasteiger partial charge in [0.15, 0.2) is 0 Å². The maximum absolute atomic E-state index is 11.7. The number of aliphatic hydroxyl groups is 2. The van der Waals surface area contributed by atoms with Gasteiger partial charge in [0.1, 0.15) is 12.2 Å². The molecule has 2 saturated heterocycles. The number of hydrogen-bond acceptors (Lipinski definition) is 5. The molecule has 7 heteroatoms. The molecular formula is C14H27N3O4. The van der Waals surface area contributed by atoms with E-state index in [4.69, 9.17) is 4.74 Å². The molecule has 21 heavy (non-hydrogen) atoms. The van der Waals surface area contributed by atoms with Crippen LogP contribution in [0.2, 0.25) is 0 Å². The second-order valence-electron chi connectivity index (χ2n) is 6.13. The number of carbonyl (C=O) groups excluding carboxylic acids is 1. The lowest BCUT2D eigenvalue weighted by molar-refractivity contribution is -0.0206. The predicted molar refractivity (Wildman–Crippen MR) is 78.0 cm³/mol. The van der Waals surface area contributed by atoms with Gasteiger partial charge in [-0.15, -0.1) is 0 Å². The van der Waals surface area contributed by atoms with Crippen molar-refractivity contribution < 1.29 is 19.7 Å². The van der Waals surface area contributed by atoms with Crippen LogP contribution in [0.3, 0.4) is 0 Å². The van der Waals surface area contributed by atoms with Gasteiger partial charge in [0, 0.05) is 12.6 Å². The standard InChI is InChI=1S/C14H27N3O4/c1-9(2)16-14(20)15-7-10-12(17-5-3-4-6-17)13(19)11(8-18)21-10/h9-13,18-19H,3-8H2,1-2H3,(H2,15,16,20)/t10-,11+,12+,13-/m1/s1. The van der Waals surface area contributed by atoms with Crippen LogP contribution in [0.5, 0.6) is 0 Å². The summed E-state index contributed by atoms with van der Waals surface area (Å²) in [7, 11) is 0. The number of rotatable bonds is 5. The molecule has 2 aliphatic heterocycles. The molecular weight excluding hydrogens is 274 g/mol. The molecule has 4 N–H and O–H groups in total. The number of urea groups is 1. The zero-order valence-electron chi connectivity index (χ0n) is 12.8. The number of carbonyl (C=O) groups is 1. The monoisotopic (exact) mass is 301 g/mol. The molecule has 0 spiro atoms. The van der Waals surface area contributed by atoms with Gasteiger partial charge in [-0.2, -0.15) is 0 Å². The quantitative estimate of drug-likeness (QED) is 0.538. The molecule has 0 bridgehead atoms. The van der Waals surface area contributed by atoms with E-state index >= 15 is 0 Å². The number of nitrogens with one attached hydrogen (secondary N) is 2. The summed E-state index contributed by atoms with van der Waals surface area (Å²) in [5.41, 5.74) is 0. The van der Waals surface area contributed by atoms with Crippen LogP contribution < -0.4 is 10.6 Å². The predicted octanol–water partition coefficient (Wildman–Crippen LogP) is -0.721. The van der Waals surface area contributed by atoms with Crippen LogP contribution in [0.1, 0.15) is 26.7 Å². The molecule has 0 saturated carbocycles. The highest BCUT2D eigenvalue weighted by molar-refractivity contribution is 5.74. The summed E-state index contributed by atoms with van der Waals surface area (Å²) in [4.78, 5) is 13.9. The van der Waals surface area contributed by atoms with Gasteiger partial charge < -0.3 is 25.6 Å². The van der Waals surface area contributed by atoms with Crippen molar-refractivity contribution in [1.82, 2.24) is 15.5 Å². The van der Waals surface area contributed by atoms with E-state index < -0.39 is 12.2 Å². The molecule has 0 unspecified atom stereocenters. The Hall–Kier alpha value is -0.890. The molecule has 2 heterocycles. The van der Waals surface area contributed by atoms with Crippen LogP contribution >= 0.6 is 0 Å². The Morgan fingerprint density at radius 3 is 2.57 bits per heavy atom. The third-order valence-electron chi connectivity index (χ3n) is 4.09. The molecule has 0 aromatic heterocycles. The lowest BCUT2D eigenvalue weighted by Crippen LogP contribution is -2.51. The Kier molecular flexibility index (Phi) is 5.80.